The minimum absolute atomic E-state index is 0.518. The van der Waals surface area contributed by atoms with Crippen LogP contribution in [-0.4, -0.2) is 9.97 Å². The minimum Gasteiger partial charge on any atom is -0.383 e. The number of nitrogens with one attached hydrogen (secondary N) is 1. The zero-order valence-corrected chi connectivity index (χ0v) is 12.8. The van der Waals surface area contributed by atoms with E-state index in [9.17, 15) is 0 Å². The van der Waals surface area contributed by atoms with E-state index in [4.69, 9.17) is 17.3 Å². The van der Waals surface area contributed by atoms with E-state index in [-0.39, 0.29) is 0 Å². The number of nitrogens with two attached hydrogens (primary N) is 1. The monoisotopic (exact) mass is 290 g/mol. The first-order chi connectivity index (χ1) is 9.51. The van der Waals surface area contributed by atoms with E-state index in [1.54, 1.807) is 0 Å². The van der Waals surface area contributed by atoms with Gasteiger partial charge in [-0.2, -0.15) is 0 Å². The minimum atomic E-state index is 0.518. The van der Waals surface area contributed by atoms with Crippen LogP contribution in [0.2, 0.25) is 5.02 Å². The summed E-state index contributed by atoms with van der Waals surface area (Å²) in [7, 11) is 0. The summed E-state index contributed by atoms with van der Waals surface area (Å²) in [5.41, 5.74) is 8.73. The summed E-state index contributed by atoms with van der Waals surface area (Å²) >= 11 is 6.13. The van der Waals surface area contributed by atoms with Crippen LogP contribution in [0.15, 0.2) is 18.2 Å². The van der Waals surface area contributed by atoms with E-state index >= 15 is 0 Å². The highest BCUT2D eigenvalue weighted by atomic mass is 35.5. The maximum Gasteiger partial charge on any atom is 0.139 e. The highest BCUT2D eigenvalue weighted by Gasteiger charge is 2.09. The zero-order chi connectivity index (χ0) is 14.7. The summed E-state index contributed by atoms with van der Waals surface area (Å²) in [6.07, 6.45) is 1.80. The third-order valence-corrected chi connectivity index (χ3v) is 3.55. The first-order valence-electron chi connectivity index (χ1n) is 6.67. The van der Waals surface area contributed by atoms with Gasteiger partial charge >= 0.3 is 0 Å². The molecule has 2 rings (SSSR count). The van der Waals surface area contributed by atoms with Crippen LogP contribution in [-0.2, 0) is 6.42 Å². The summed E-state index contributed by atoms with van der Waals surface area (Å²) in [5.74, 6) is 2.02. The number of halogens is 1. The summed E-state index contributed by atoms with van der Waals surface area (Å²) in [6.45, 7) is 5.97. The lowest BCUT2D eigenvalue weighted by Crippen LogP contribution is -2.07. The van der Waals surface area contributed by atoms with Gasteiger partial charge in [-0.1, -0.05) is 24.6 Å². The fraction of sp³-hybridized carbons (Fsp3) is 0.333. The van der Waals surface area contributed by atoms with Gasteiger partial charge in [-0.25, -0.2) is 9.97 Å². The number of aromatic nitrogens is 2. The quantitative estimate of drug-likeness (QED) is 0.892. The van der Waals surface area contributed by atoms with Gasteiger partial charge in [0.25, 0.3) is 0 Å². The molecule has 1 heterocycles. The molecule has 0 saturated heterocycles. The SMILES string of the molecule is CCCc1nc(N)c(C)c(Nc2ccc(C)c(Cl)c2)n1. The molecule has 0 spiro atoms. The van der Waals surface area contributed by atoms with Gasteiger partial charge in [0.1, 0.15) is 17.5 Å². The summed E-state index contributed by atoms with van der Waals surface area (Å²) in [4.78, 5) is 8.82. The molecule has 106 valence electrons. The molecule has 5 heteroatoms. The van der Waals surface area contributed by atoms with Crippen LogP contribution in [0.5, 0.6) is 0 Å². The molecule has 0 aliphatic carbocycles. The highest BCUT2D eigenvalue weighted by molar-refractivity contribution is 6.31. The second-order valence-electron chi connectivity index (χ2n) is 4.84. The van der Waals surface area contributed by atoms with Crippen LogP contribution >= 0.6 is 11.6 Å². The Bertz CT molecular complexity index is 626. The molecule has 0 atom stereocenters. The Hall–Kier alpha value is -1.81. The number of hydrogen-bond acceptors (Lipinski definition) is 4. The molecule has 0 saturated carbocycles. The molecule has 4 nitrogen and oxygen atoms in total. The van der Waals surface area contributed by atoms with Crippen molar-refractivity contribution < 1.29 is 0 Å². The van der Waals surface area contributed by atoms with Crippen LogP contribution < -0.4 is 11.1 Å². The smallest absolute Gasteiger partial charge is 0.139 e. The van der Waals surface area contributed by atoms with Crippen molar-refractivity contribution in [2.24, 2.45) is 0 Å². The number of nitrogen functional groups attached to an aromatic ring is 1. The standard InChI is InChI=1S/C15H19ClN4/c1-4-5-13-19-14(17)10(3)15(20-13)18-11-7-6-9(2)12(16)8-11/h6-8H,4-5H2,1-3H3,(H3,17,18,19,20). The second-order valence-corrected chi connectivity index (χ2v) is 5.24. The van der Waals surface area contributed by atoms with E-state index in [2.05, 4.69) is 22.2 Å². The third-order valence-electron chi connectivity index (χ3n) is 3.14. The van der Waals surface area contributed by atoms with Gasteiger partial charge in [-0.05, 0) is 38.0 Å². The molecule has 0 aliphatic heterocycles. The van der Waals surface area contributed by atoms with Crippen LogP contribution in [0.1, 0.15) is 30.3 Å². The molecule has 0 aliphatic rings. The van der Waals surface area contributed by atoms with E-state index < -0.39 is 0 Å². The Kier molecular flexibility index (Phi) is 4.45. The maximum atomic E-state index is 6.13. The third kappa shape index (κ3) is 3.20. The molecule has 0 fully saturated rings. The van der Waals surface area contributed by atoms with Gasteiger partial charge in [0.05, 0.1) is 0 Å². The van der Waals surface area contributed by atoms with Gasteiger partial charge in [0.2, 0.25) is 0 Å². The molecule has 3 N–H and O–H groups in total. The highest BCUT2D eigenvalue weighted by Crippen LogP contribution is 2.25. The Balaban J connectivity index is 2.34. The Morgan fingerprint density at radius 1 is 1.25 bits per heavy atom. The fourth-order valence-electron chi connectivity index (χ4n) is 1.85. The van der Waals surface area contributed by atoms with Crippen molar-refractivity contribution >= 4 is 28.9 Å². The molecular weight excluding hydrogens is 272 g/mol. The van der Waals surface area contributed by atoms with Crippen molar-refractivity contribution in [3.63, 3.8) is 0 Å². The van der Waals surface area contributed by atoms with Crippen molar-refractivity contribution in [1.82, 2.24) is 9.97 Å². The van der Waals surface area contributed by atoms with E-state index in [0.717, 1.165) is 46.3 Å². The predicted molar refractivity (Wildman–Crippen MR) is 84.6 cm³/mol. The van der Waals surface area contributed by atoms with Crippen LogP contribution in [0.4, 0.5) is 17.3 Å². The van der Waals surface area contributed by atoms with Crippen LogP contribution in [0.25, 0.3) is 0 Å². The summed E-state index contributed by atoms with van der Waals surface area (Å²) in [6, 6.07) is 5.82. The molecule has 0 unspecified atom stereocenters. The van der Waals surface area contributed by atoms with E-state index in [1.807, 2.05) is 32.0 Å². The van der Waals surface area contributed by atoms with Crippen molar-refractivity contribution in [2.45, 2.75) is 33.6 Å². The zero-order valence-electron chi connectivity index (χ0n) is 12.0. The van der Waals surface area contributed by atoms with E-state index in [0.29, 0.717) is 5.82 Å². The Morgan fingerprint density at radius 3 is 2.65 bits per heavy atom. The molecule has 0 radical (unpaired) electrons. The van der Waals surface area contributed by atoms with Crippen molar-refractivity contribution in [3.05, 3.63) is 40.2 Å². The van der Waals surface area contributed by atoms with Crippen molar-refractivity contribution in [1.29, 1.82) is 0 Å². The van der Waals surface area contributed by atoms with Gasteiger partial charge in [0, 0.05) is 22.7 Å². The predicted octanol–water partition coefficient (Wildman–Crippen LogP) is 4.03. The lowest BCUT2D eigenvalue weighted by atomic mass is 10.2. The Morgan fingerprint density at radius 2 is 2.00 bits per heavy atom. The van der Waals surface area contributed by atoms with Gasteiger partial charge in [-0.3, -0.25) is 0 Å². The van der Waals surface area contributed by atoms with Crippen molar-refractivity contribution in [2.75, 3.05) is 11.1 Å². The second kappa shape index (κ2) is 6.09. The van der Waals surface area contributed by atoms with Crippen molar-refractivity contribution in [3.8, 4) is 0 Å². The maximum absolute atomic E-state index is 6.13. The molecule has 0 bridgehead atoms. The molecule has 1 aromatic carbocycles. The largest absolute Gasteiger partial charge is 0.383 e. The van der Waals surface area contributed by atoms with Crippen LogP contribution in [0, 0.1) is 13.8 Å². The lowest BCUT2D eigenvalue weighted by molar-refractivity contribution is 0.836. The normalized spacial score (nSPS) is 10.6. The number of nitrogens with zero attached hydrogens (tertiary/aromatic N) is 2. The lowest BCUT2D eigenvalue weighted by Gasteiger charge is -2.12. The summed E-state index contributed by atoms with van der Waals surface area (Å²) in [5, 5.41) is 3.99. The van der Waals surface area contributed by atoms with E-state index in [1.165, 1.54) is 0 Å². The average Bonchev–Trinajstić information content (AvgIpc) is 2.40. The summed E-state index contributed by atoms with van der Waals surface area (Å²) < 4.78 is 0. The molecule has 20 heavy (non-hydrogen) atoms. The van der Waals surface area contributed by atoms with Crippen LogP contribution in [0.3, 0.4) is 0 Å². The van der Waals surface area contributed by atoms with Gasteiger partial charge in [0.15, 0.2) is 0 Å². The topological polar surface area (TPSA) is 63.8 Å². The fourth-order valence-corrected chi connectivity index (χ4v) is 2.03. The Labute approximate surface area is 124 Å². The number of aryl methyl sites for hydroxylation is 2. The van der Waals surface area contributed by atoms with Gasteiger partial charge < -0.3 is 11.1 Å². The van der Waals surface area contributed by atoms with Gasteiger partial charge in [-0.15, -0.1) is 0 Å². The number of hydrogen-bond donors (Lipinski definition) is 2. The molecule has 2 aromatic rings. The molecule has 1 aromatic heterocycles. The number of anilines is 3. The first-order valence-corrected chi connectivity index (χ1v) is 7.05. The molecular formula is C15H19ClN4. The number of benzene rings is 1. The molecule has 0 amide bonds. The first kappa shape index (κ1) is 14.6. The average molecular weight is 291 g/mol. The number of rotatable bonds is 4.